The quantitative estimate of drug-likeness (QED) is 0.153. The second kappa shape index (κ2) is 13.4. The van der Waals surface area contributed by atoms with Gasteiger partial charge in [0.05, 0.1) is 17.0 Å². The van der Waals surface area contributed by atoms with Crippen LogP contribution in [0.5, 0.6) is 0 Å². The lowest BCUT2D eigenvalue weighted by atomic mass is 10.1. The van der Waals surface area contributed by atoms with Crippen molar-refractivity contribution in [1.82, 2.24) is 14.5 Å². The molecule has 0 N–H and O–H groups in total. The minimum atomic E-state index is -4.45. The first-order chi connectivity index (χ1) is 20.3. The van der Waals surface area contributed by atoms with E-state index in [1.807, 2.05) is 66.7 Å². The zero-order chi connectivity index (χ0) is 29.5. The zero-order valence-corrected chi connectivity index (χ0v) is 24.2. The highest BCUT2D eigenvalue weighted by atomic mass is 35.5. The van der Waals surface area contributed by atoms with Crippen LogP contribution in [0.15, 0.2) is 109 Å². The molecule has 4 aromatic carbocycles. The van der Waals surface area contributed by atoms with Crippen molar-refractivity contribution in [1.29, 1.82) is 0 Å². The maximum atomic E-state index is 13.6. The maximum absolute atomic E-state index is 13.6. The standard InChI is InChI=1S/C35H33ClF3N3/c1-2-3-21-42-32(33(27-15-9-5-10-16-27)40-34(42)28-17-11-6-12-18-28)25-41(23-26-13-7-4-8-14-26)24-29-22-30(35(37,38)39)19-20-31(29)36/h4-20,22H,2-3,21,23-25H2,1H3. The summed E-state index contributed by atoms with van der Waals surface area (Å²) in [6.07, 6.45) is -2.47. The van der Waals surface area contributed by atoms with Crippen LogP contribution in [0.3, 0.4) is 0 Å². The smallest absolute Gasteiger partial charge is 0.326 e. The summed E-state index contributed by atoms with van der Waals surface area (Å²) >= 11 is 6.50. The molecule has 7 heteroatoms. The van der Waals surface area contributed by atoms with Crippen molar-refractivity contribution < 1.29 is 13.2 Å². The third-order valence-corrected chi connectivity index (χ3v) is 7.65. The Morgan fingerprint density at radius 3 is 2.00 bits per heavy atom. The van der Waals surface area contributed by atoms with Gasteiger partial charge in [-0.2, -0.15) is 13.2 Å². The summed E-state index contributed by atoms with van der Waals surface area (Å²) in [7, 11) is 0. The third kappa shape index (κ3) is 7.12. The molecule has 216 valence electrons. The lowest BCUT2D eigenvalue weighted by Crippen LogP contribution is -2.25. The van der Waals surface area contributed by atoms with Gasteiger partial charge in [0.1, 0.15) is 5.82 Å². The molecule has 0 atom stereocenters. The SMILES string of the molecule is CCCCn1c(-c2ccccc2)nc(-c2ccccc2)c1CN(Cc1ccccc1)Cc1cc(C(F)(F)F)ccc1Cl. The maximum Gasteiger partial charge on any atom is 0.416 e. The van der Waals surface area contributed by atoms with Crippen LogP contribution in [-0.4, -0.2) is 14.5 Å². The molecular formula is C35H33ClF3N3. The summed E-state index contributed by atoms with van der Waals surface area (Å²) in [5.74, 6) is 0.884. The van der Waals surface area contributed by atoms with Crippen LogP contribution in [0.4, 0.5) is 13.2 Å². The van der Waals surface area contributed by atoms with Crippen molar-refractivity contribution in [2.24, 2.45) is 0 Å². The summed E-state index contributed by atoms with van der Waals surface area (Å²) in [5, 5.41) is 0.314. The van der Waals surface area contributed by atoms with E-state index in [4.69, 9.17) is 16.6 Å². The van der Waals surface area contributed by atoms with Crippen molar-refractivity contribution >= 4 is 11.6 Å². The molecule has 0 saturated heterocycles. The normalized spacial score (nSPS) is 11.8. The van der Waals surface area contributed by atoms with Crippen molar-refractivity contribution in [2.45, 2.75) is 52.1 Å². The molecule has 0 unspecified atom stereocenters. The number of alkyl halides is 3. The molecule has 42 heavy (non-hydrogen) atoms. The van der Waals surface area contributed by atoms with E-state index in [1.165, 1.54) is 12.1 Å². The first kappa shape index (κ1) is 29.6. The number of rotatable bonds is 11. The van der Waals surface area contributed by atoms with E-state index in [9.17, 15) is 13.2 Å². The first-order valence-corrected chi connectivity index (χ1v) is 14.5. The van der Waals surface area contributed by atoms with E-state index >= 15 is 0 Å². The molecule has 0 aliphatic carbocycles. The monoisotopic (exact) mass is 587 g/mol. The van der Waals surface area contributed by atoms with Gasteiger partial charge in [0, 0.05) is 42.3 Å². The van der Waals surface area contributed by atoms with Crippen LogP contribution in [0.2, 0.25) is 5.02 Å². The molecule has 0 aliphatic rings. The number of aromatic nitrogens is 2. The first-order valence-electron chi connectivity index (χ1n) is 14.2. The molecule has 0 aliphatic heterocycles. The number of hydrogen-bond acceptors (Lipinski definition) is 2. The molecule has 0 spiro atoms. The van der Waals surface area contributed by atoms with E-state index in [1.54, 1.807) is 0 Å². The average Bonchev–Trinajstić information content (AvgIpc) is 3.35. The van der Waals surface area contributed by atoms with E-state index in [0.717, 1.165) is 59.4 Å². The lowest BCUT2D eigenvalue weighted by Gasteiger charge is -2.25. The van der Waals surface area contributed by atoms with Crippen LogP contribution in [0, 0.1) is 0 Å². The van der Waals surface area contributed by atoms with Gasteiger partial charge in [-0.1, -0.05) is 116 Å². The number of nitrogens with zero attached hydrogens (tertiary/aromatic N) is 3. The summed E-state index contributed by atoms with van der Waals surface area (Å²) in [6, 6.07) is 33.7. The van der Waals surface area contributed by atoms with Crippen molar-refractivity contribution in [3.8, 4) is 22.6 Å². The molecule has 0 fully saturated rings. The van der Waals surface area contributed by atoms with E-state index in [-0.39, 0.29) is 6.54 Å². The van der Waals surface area contributed by atoms with Gasteiger partial charge in [0.15, 0.2) is 0 Å². The van der Waals surface area contributed by atoms with Crippen molar-refractivity contribution in [2.75, 3.05) is 0 Å². The van der Waals surface area contributed by atoms with Crippen LogP contribution in [-0.2, 0) is 32.4 Å². The Labute approximate surface area is 250 Å². The third-order valence-electron chi connectivity index (χ3n) is 7.28. The molecule has 5 rings (SSSR count). The summed E-state index contributed by atoms with van der Waals surface area (Å²) in [6.45, 7) is 4.18. The molecule has 5 aromatic rings. The molecule has 1 heterocycles. The van der Waals surface area contributed by atoms with Gasteiger partial charge < -0.3 is 4.57 Å². The Balaban J connectivity index is 1.63. The second-order valence-corrected chi connectivity index (χ2v) is 10.8. The van der Waals surface area contributed by atoms with Crippen LogP contribution in [0.1, 0.15) is 42.1 Å². The summed E-state index contributed by atoms with van der Waals surface area (Å²) in [5.41, 5.74) is 4.71. The van der Waals surface area contributed by atoms with Crippen LogP contribution in [0.25, 0.3) is 22.6 Å². The van der Waals surface area contributed by atoms with E-state index in [2.05, 4.69) is 40.7 Å². The van der Waals surface area contributed by atoms with Gasteiger partial charge in [-0.25, -0.2) is 4.98 Å². The highest BCUT2D eigenvalue weighted by molar-refractivity contribution is 6.31. The fraction of sp³-hybridized carbons (Fsp3) is 0.229. The average molecular weight is 588 g/mol. The number of halogens is 4. The fourth-order valence-corrected chi connectivity index (χ4v) is 5.35. The summed E-state index contributed by atoms with van der Waals surface area (Å²) < 4.78 is 43.2. The lowest BCUT2D eigenvalue weighted by molar-refractivity contribution is -0.137. The second-order valence-electron chi connectivity index (χ2n) is 10.4. The molecule has 0 saturated carbocycles. The molecule has 0 bridgehead atoms. The Kier molecular flexibility index (Phi) is 9.45. The van der Waals surface area contributed by atoms with Gasteiger partial charge in [0.2, 0.25) is 0 Å². The predicted molar refractivity (Wildman–Crippen MR) is 164 cm³/mol. The van der Waals surface area contributed by atoms with Crippen LogP contribution >= 0.6 is 11.6 Å². The van der Waals surface area contributed by atoms with Gasteiger partial charge in [0.25, 0.3) is 0 Å². The van der Waals surface area contributed by atoms with Crippen LogP contribution < -0.4 is 0 Å². The molecule has 0 amide bonds. The number of unbranched alkanes of at least 4 members (excludes halogenated alkanes) is 1. The Morgan fingerprint density at radius 1 is 0.762 bits per heavy atom. The van der Waals surface area contributed by atoms with E-state index in [0.29, 0.717) is 23.7 Å². The zero-order valence-electron chi connectivity index (χ0n) is 23.5. The van der Waals surface area contributed by atoms with Crippen molar-refractivity contribution in [3.63, 3.8) is 0 Å². The van der Waals surface area contributed by atoms with Gasteiger partial charge >= 0.3 is 6.18 Å². The van der Waals surface area contributed by atoms with Gasteiger partial charge in [-0.05, 0) is 35.7 Å². The van der Waals surface area contributed by atoms with Crippen molar-refractivity contribution in [3.05, 3.63) is 137 Å². The van der Waals surface area contributed by atoms with Gasteiger partial charge in [-0.3, -0.25) is 4.90 Å². The minimum Gasteiger partial charge on any atom is -0.326 e. The van der Waals surface area contributed by atoms with Gasteiger partial charge in [-0.15, -0.1) is 0 Å². The number of hydrogen-bond donors (Lipinski definition) is 0. The number of imidazole rings is 1. The predicted octanol–water partition coefficient (Wildman–Crippen LogP) is 9.89. The Hall–Kier alpha value is -3.87. The Bertz CT molecular complexity index is 1580. The molecular weight excluding hydrogens is 555 g/mol. The number of benzene rings is 4. The molecule has 0 radical (unpaired) electrons. The Morgan fingerprint density at radius 2 is 1.38 bits per heavy atom. The highest BCUT2D eigenvalue weighted by Gasteiger charge is 2.31. The minimum absolute atomic E-state index is 0.242. The summed E-state index contributed by atoms with van der Waals surface area (Å²) in [4.78, 5) is 7.35. The molecule has 3 nitrogen and oxygen atoms in total. The topological polar surface area (TPSA) is 21.1 Å². The van der Waals surface area contributed by atoms with E-state index < -0.39 is 11.7 Å². The largest absolute Gasteiger partial charge is 0.416 e. The highest BCUT2D eigenvalue weighted by Crippen LogP contribution is 2.34. The molecule has 1 aromatic heterocycles. The fourth-order valence-electron chi connectivity index (χ4n) is 5.17.